The fourth-order valence-electron chi connectivity index (χ4n) is 3.79. The summed E-state index contributed by atoms with van der Waals surface area (Å²) in [6.45, 7) is 3.76. The fourth-order valence-corrected chi connectivity index (χ4v) is 4.16. The largest absolute Gasteiger partial charge is 0.476 e. The molecule has 0 saturated heterocycles. The van der Waals surface area contributed by atoms with Crippen molar-refractivity contribution in [2.24, 2.45) is 7.05 Å². The maximum atomic E-state index is 13.3. The van der Waals surface area contributed by atoms with E-state index in [2.05, 4.69) is 10.3 Å². The first kappa shape index (κ1) is 22.8. The fraction of sp³-hybridized carbons (Fsp3) is 0.167. The first-order valence-electron chi connectivity index (χ1n) is 10.1. The lowest BCUT2D eigenvalue weighted by Crippen LogP contribution is -2.22. The SMILES string of the molecule is Cc1cc(C(C)Nc2ccc(Cl)nc2C(=O)O)c2nc(-c3ccccc3Cl)n(C)c(=O)c2c1. The highest BCUT2D eigenvalue weighted by molar-refractivity contribution is 6.33. The summed E-state index contributed by atoms with van der Waals surface area (Å²) in [7, 11) is 1.66. The maximum absolute atomic E-state index is 13.3. The number of pyridine rings is 1. The number of hydrogen-bond donors (Lipinski definition) is 2. The summed E-state index contributed by atoms with van der Waals surface area (Å²) in [5.41, 5.74) is 2.69. The van der Waals surface area contributed by atoms with Crippen molar-refractivity contribution in [1.29, 1.82) is 0 Å². The molecule has 2 aromatic heterocycles. The van der Waals surface area contributed by atoms with Gasteiger partial charge in [-0.3, -0.25) is 9.36 Å². The number of nitrogens with one attached hydrogen (secondary N) is 1. The van der Waals surface area contributed by atoms with Gasteiger partial charge < -0.3 is 10.4 Å². The lowest BCUT2D eigenvalue weighted by Gasteiger charge is -2.20. The van der Waals surface area contributed by atoms with Crippen LogP contribution in [-0.2, 0) is 7.05 Å². The van der Waals surface area contributed by atoms with Crippen LogP contribution < -0.4 is 10.9 Å². The standard InChI is InChI=1S/C24H20Cl2N4O3/c1-12-10-15(13(2)27-18-8-9-19(26)28-21(18)24(32)33)20-16(11-12)23(31)30(3)22(29-20)14-6-4-5-7-17(14)25/h4-11,13,27H,1-3H3,(H,32,33). The minimum Gasteiger partial charge on any atom is -0.476 e. The highest BCUT2D eigenvalue weighted by Gasteiger charge is 2.20. The molecule has 9 heteroatoms. The second kappa shape index (κ2) is 8.84. The van der Waals surface area contributed by atoms with E-state index in [1.807, 2.05) is 38.1 Å². The molecule has 168 valence electrons. The summed E-state index contributed by atoms with van der Waals surface area (Å²) in [4.78, 5) is 33.6. The van der Waals surface area contributed by atoms with Gasteiger partial charge in [-0.25, -0.2) is 14.8 Å². The molecule has 4 rings (SSSR count). The van der Waals surface area contributed by atoms with Crippen LogP contribution in [0.5, 0.6) is 0 Å². The van der Waals surface area contributed by atoms with Crippen LogP contribution in [0, 0.1) is 6.92 Å². The molecule has 2 N–H and O–H groups in total. The Morgan fingerprint density at radius 1 is 1.12 bits per heavy atom. The Hall–Kier alpha value is -3.42. The summed E-state index contributed by atoms with van der Waals surface area (Å²) < 4.78 is 1.48. The molecule has 0 amide bonds. The van der Waals surface area contributed by atoms with E-state index in [1.165, 1.54) is 10.6 Å². The Balaban J connectivity index is 1.90. The lowest BCUT2D eigenvalue weighted by atomic mass is 10.0. The van der Waals surface area contributed by atoms with Gasteiger partial charge in [-0.2, -0.15) is 0 Å². The number of carboxylic acid groups (broad SMARTS) is 1. The van der Waals surface area contributed by atoms with Gasteiger partial charge in [0.2, 0.25) is 0 Å². The van der Waals surface area contributed by atoms with Crippen LogP contribution in [0.25, 0.3) is 22.3 Å². The molecule has 1 atom stereocenters. The molecule has 7 nitrogen and oxygen atoms in total. The van der Waals surface area contributed by atoms with E-state index < -0.39 is 12.0 Å². The highest BCUT2D eigenvalue weighted by atomic mass is 35.5. The maximum Gasteiger partial charge on any atom is 0.356 e. The Morgan fingerprint density at radius 2 is 1.85 bits per heavy atom. The third-order valence-electron chi connectivity index (χ3n) is 5.37. The molecular weight excluding hydrogens is 463 g/mol. The highest BCUT2D eigenvalue weighted by Crippen LogP contribution is 2.31. The summed E-state index contributed by atoms with van der Waals surface area (Å²) in [5.74, 6) is -0.760. The Kier molecular flexibility index (Phi) is 6.10. The van der Waals surface area contributed by atoms with Crippen molar-refractivity contribution in [1.82, 2.24) is 14.5 Å². The molecular formula is C24H20Cl2N4O3. The van der Waals surface area contributed by atoms with E-state index in [0.717, 1.165) is 11.1 Å². The first-order chi connectivity index (χ1) is 15.7. The molecule has 0 aliphatic carbocycles. The third kappa shape index (κ3) is 4.29. The van der Waals surface area contributed by atoms with Gasteiger partial charge in [0.15, 0.2) is 5.69 Å². The molecule has 2 heterocycles. The van der Waals surface area contributed by atoms with Gasteiger partial charge >= 0.3 is 5.97 Å². The molecule has 33 heavy (non-hydrogen) atoms. The molecule has 0 radical (unpaired) electrons. The minimum atomic E-state index is -1.20. The summed E-state index contributed by atoms with van der Waals surface area (Å²) >= 11 is 12.3. The number of anilines is 1. The predicted octanol–water partition coefficient (Wildman–Crippen LogP) is 5.48. The number of fused-ring (bicyclic) bond motifs is 1. The van der Waals surface area contributed by atoms with Crippen LogP contribution in [0.4, 0.5) is 5.69 Å². The number of aromatic nitrogens is 3. The zero-order valence-electron chi connectivity index (χ0n) is 18.1. The number of benzene rings is 2. The number of rotatable bonds is 5. The van der Waals surface area contributed by atoms with Crippen molar-refractivity contribution < 1.29 is 9.90 Å². The van der Waals surface area contributed by atoms with Crippen LogP contribution in [0.2, 0.25) is 10.2 Å². The molecule has 0 bridgehead atoms. The van der Waals surface area contributed by atoms with E-state index in [9.17, 15) is 14.7 Å². The molecule has 1 unspecified atom stereocenters. The quantitative estimate of drug-likeness (QED) is 0.365. The van der Waals surface area contributed by atoms with Crippen LogP contribution in [0.15, 0.2) is 53.3 Å². The minimum absolute atomic E-state index is 0.0844. The van der Waals surface area contributed by atoms with Gasteiger partial charge in [-0.05, 0) is 49.7 Å². The summed E-state index contributed by atoms with van der Waals surface area (Å²) in [5, 5.41) is 13.7. The second-order valence-corrected chi connectivity index (χ2v) is 8.53. The van der Waals surface area contributed by atoms with Crippen LogP contribution in [0.3, 0.4) is 0 Å². The van der Waals surface area contributed by atoms with Gasteiger partial charge in [-0.15, -0.1) is 0 Å². The van der Waals surface area contributed by atoms with Crippen LogP contribution in [0.1, 0.15) is 34.6 Å². The number of nitrogens with zero attached hydrogens (tertiary/aromatic N) is 3. The number of halogens is 2. The smallest absolute Gasteiger partial charge is 0.356 e. The van der Waals surface area contributed by atoms with Crippen LogP contribution in [-0.4, -0.2) is 25.6 Å². The summed E-state index contributed by atoms with van der Waals surface area (Å²) in [6.07, 6.45) is 0. The summed E-state index contributed by atoms with van der Waals surface area (Å²) in [6, 6.07) is 13.6. The zero-order valence-corrected chi connectivity index (χ0v) is 19.6. The second-order valence-electron chi connectivity index (χ2n) is 7.73. The van der Waals surface area contributed by atoms with E-state index in [4.69, 9.17) is 28.2 Å². The zero-order chi connectivity index (χ0) is 23.9. The van der Waals surface area contributed by atoms with Gasteiger partial charge in [0.25, 0.3) is 5.56 Å². The average molecular weight is 483 g/mol. The van der Waals surface area contributed by atoms with Gasteiger partial charge in [-0.1, -0.05) is 41.4 Å². The molecule has 0 aliphatic rings. The van der Waals surface area contributed by atoms with Crippen molar-refractivity contribution in [3.8, 4) is 11.4 Å². The molecule has 0 spiro atoms. The Labute approximate surface area is 199 Å². The number of hydrogen-bond acceptors (Lipinski definition) is 5. The number of carbonyl (C=O) groups is 1. The monoisotopic (exact) mass is 482 g/mol. The third-order valence-corrected chi connectivity index (χ3v) is 5.91. The molecule has 0 aliphatic heterocycles. The molecule has 2 aromatic carbocycles. The predicted molar refractivity (Wildman–Crippen MR) is 130 cm³/mol. The molecule has 0 saturated carbocycles. The normalized spacial score (nSPS) is 12.0. The van der Waals surface area contributed by atoms with Crippen molar-refractivity contribution in [2.45, 2.75) is 19.9 Å². The molecule has 0 fully saturated rings. The van der Waals surface area contributed by atoms with E-state index in [-0.39, 0.29) is 16.4 Å². The van der Waals surface area contributed by atoms with E-state index in [0.29, 0.717) is 33.0 Å². The van der Waals surface area contributed by atoms with E-state index >= 15 is 0 Å². The van der Waals surface area contributed by atoms with Crippen molar-refractivity contribution >= 4 is 45.8 Å². The number of carboxylic acids is 1. The Bertz CT molecular complexity index is 1470. The van der Waals surface area contributed by atoms with Gasteiger partial charge in [0.1, 0.15) is 11.0 Å². The average Bonchev–Trinajstić information content (AvgIpc) is 2.77. The lowest BCUT2D eigenvalue weighted by molar-refractivity contribution is 0.0691. The topological polar surface area (TPSA) is 97.1 Å². The van der Waals surface area contributed by atoms with Crippen molar-refractivity contribution in [2.75, 3.05) is 5.32 Å². The van der Waals surface area contributed by atoms with Gasteiger partial charge in [0, 0.05) is 18.2 Å². The van der Waals surface area contributed by atoms with Crippen molar-refractivity contribution in [3.63, 3.8) is 0 Å². The van der Waals surface area contributed by atoms with E-state index in [1.54, 1.807) is 25.2 Å². The number of aromatic carboxylic acids is 1. The van der Waals surface area contributed by atoms with Crippen LogP contribution >= 0.6 is 23.2 Å². The van der Waals surface area contributed by atoms with Crippen molar-refractivity contribution in [3.05, 3.63) is 85.9 Å². The molecule has 4 aromatic rings. The van der Waals surface area contributed by atoms with Gasteiger partial charge in [0.05, 0.1) is 27.7 Å². The Morgan fingerprint density at radius 3 is 2.55 bits per heavy atom. The number of aryl methyl sites for hydroxylation is 1. The first-order valence-corrected chi connectivity index (χ1v) is 10.9.